The molecule has 0 aliphatic rings. The summed E-state index contributed by atoms with van der Waals surface area (Å²) in [6.07, 6.45) is 0. The molecule has 66 heavy (non-hydrogen) atoms. The zero-order chi connectivity index (χ0) is 43.3. The average molecular weight is 838 g/mol. The fourth-order valence-electron chi connectivity index (χ4n) is 11.3. The summed E-state index contributed by atoms with van der Waals surface area (Å²) in [4.78, 5) is 0. The van der Waals surface area contributed by atoms with Crippen molar-refractivity contribution in [2.45, 2.75) is 0 Å². The van der Waals surface area contributed by atoms with Crippen molar-refractivity contribution in [3.63, 3.8) is 0 Å². The van der Waals surface area contributed by atoms with Crippen molar-refractivity contribution < 1.29 is 4.42 Å². The number of rotatable bonds is 5. The van der Waals surface area contributed by atoms with Crippen molar-refractivity contribution in [2.75, 3.05) is 0 Å². The van der Waals surface area contributed by atoms with Gasteiger partial charge in [0.05, 0.1) is 11.0 Å². The molecular formula is C64H39NO. The van der Waals surface area contributed by atoms with Gasteiger partial charge in [-0.1, -0.05) is 206 Å². The monoisotopic (exact) mass is 837 g/mol. The lowest BCUT2D eigenvalue weighted by atomic mass is 9.84. The highest BCUT2D eigenvalue weighted by Gasteiger charge is 2.24. The lowest BCUT2D eigenvalue weighted by Gasteiger charge is -2.18. The maximum Gasteiger partial charge on any atom is 0.143 e. The molecule has 0 saturated heterocycles. The van der Waals surface area contributed by atoms with E-state index < -0.39 is 0 Å². The zero-order valence-corrected chi connectivity index (χ0v) is 35.9. The van der Waals surface area contributed by atoms with E-state index in [9.17, 15) is 0 Å². The van der Waals surface area contributed by atoms with E-state index in [1.807, 2.05) is 0 Å². The average Bonchev–Trinajstić information content (AvgIpc) is 3.94. The van der Waals surface area contributed by atoms with Gasteiger partial charge in [-0.2, -0.15) is 0 Å². The van der Waals surface area contributed by atoms with Gasteiger partial charge < -0.3 is 8.98 Å². The van der Waals surface area contributed by atoms with E-state index in [0.29, 0.717) is 0 Å². The molecule has 2 heterocycles. The first-order valence-electron chi connectivity index (χ1n) is 22.8. The fraction of sp³-hybridized carbons (Fsp3) is 0. The highest BCUT2D eigenvalue weighted by atomic mass is 16.3. The van der Waals surface area contributed by atoms with Crippen LogP contribution >= 0.6 is 0 Å². The number of hydrogen-bond acceptors (Lipinski definition) is 1. The van der Waals surface area contributed by atoms with Gasteiger partial charge >= 0.3 is 0 Å². The van der Waals surface area contributed by atoms with Gasteiger partial charge in [-0.15, -0.1) is 0 Å². The van der Waals surface area contributed by atoms with Crippen LogP contribution in [0.4, 0.5) is 0 Å². The number of benzene rings is 12. The zero-order valence-electron chi connectivity index (χ0n) is 35.9. The molecule has 2 heteroatoms. The van der Waals surface area contributed by atoms with Gasteiger partial charge in [0.25, 0.3) is 0 Å². The Labute approximate surface area is 380 Å². The summed E-state index contributed by atoms with van der Waals surface area (Å²) in [5, 5.41) is 14.5. The van der Waals surface area contributed by atoms with Crippen molar-refractivity contribution in [2.24, 2.45) is 0 Å². The van der Waals surface area contributed by atoms with E-state index in [4.69, 9.17) is 4.42 Å². The molecule has 0 amide bonds. The Kier molecular flexibility index (Phi) is 8.02. The van der Waals surface area contributed by atoms with E-state index in [-0.39, 0.29) is 0 Å². The Bertz CT molecular complexity index is 4100. The third-order valence-electron chi connectivity index (χ3n) is 14.0. The van der Waals surface area contributed by atoms with Crippen LogP contribution in [-0.2, 0) is 0 Å². The van der Waals surface area contributed by atoms with Gasteiger partial charge in [0.1, 0.15) is 11.2 Å². The topological polar surface area (TPSA) is 18.1 Å². The Morgan fingerprint density at radius 2 is 0.636 bits per heavy atom. The molecule has 2 nitrogen and oxygen atoms in total. The van der Waals surface area contributed by atoms with Crippen LogP contribution in [0.15, 0.2) is 241 Å². The van der Waals surface area contributed by atoms with Crippen LogP contribution in [0.3, 0.4) is 0 Å². The van der Waals surface area contributed by atoms with Crippen LogP contribution in [-0.4, -0.2) is 4.57 Å². The molecule has 2 aromatic heterocycles. The van der Waals surface area contributed by atoms with E-state index >= 15 is 0 Å². The van der Waals surface area contributed by atoms with Crippen LogP contribution in [0.25, 0.3) is 137 Å². The largest absolute Gasteiger partial charge is 0.455 e. The molecule has 0 N–H and O–H groups in total. The van der Waals surface area contributed by atoms with Gasteiger partial charge in [-0.3, -0.25) is 0 Å². The summed E-state index contributed by atoms with van der Waals surface area (Å²) in [5.41, 5.74) is 14.9. The highest BCUT2D eigenvalue weighted by Crippen LogP contribution is 2.50. The molecule has 0 spiro atoms. The van der Waals surface area contributed by atoms with E-state index in [0.717, 1.165) is 33.2 Å². The van der Waals surface area contributed by atoms with Gasteiger partial charge in [0.15, 0.2) is 0 Å². The molecular weight excluding hydrogens is 799 g/mol. The van der Waals surface area contributed by atoms with Gasteiger partial charge in [-0.25, -0.2) is 0 Å². The molecule has 0 saturated carbocycles. The predicted octanol–water partition coefficient (Wildman–Crippen LogP) is 18.0. The van der Waals surface area contributed by atoms with Crippen molar-refractivity contribution in [1.29, 1.82) is 0 Å². The normalized spacial score (nSPS) is 11.9. The maximum absolute atomic E-state index is 7.14. The standard InChI is InChI=1S/C64H39NO/c1-2-18-40(19-3-1)59-45-22-4-8-26-49(45)61(50-27-9-5-23-46(50)59)53-30-17-35-58-63(53)55-32-16-31-54(64(55)66-58)62-51-28-10-6-24-47(51)60(48-25-7-11-29-52(48)62)41-36-38-42(39-37-41)65-56-33-14-12-20-43(56)44-21-13-15-34-57(44)65/h1-39H. The summed E-state index contributed by atoms with van der Waals surface area (Å²) >= 11 is 0. The first kappa shape index (κ1) is 36.7. The van der Waals surface area contributed by atoms with Gasteiger partial charge in [0.2, 0.25) is 0 Å². The van der Waals surface area contributed by atoms with Crippen LogP contribution in [0, 0.1) is 0 Å². The minimum atomic E-state index is 0.879. The molecule has 14 aromatic rings. The number of fused-ring (bicyclic) bond motifs is 10. The molecule has 14 rings (SSSR count). The molecule has 12 aromatic carbocycles. The summed E-state index contributed by atoms with van der Waals surface area (Å²) < 4.78 is 9.52. The number of furan rings is 1. The number of aromatic nitrogens is 1. The Balaban J connectivity index is 0.987. The highest BCUT2D eigenvalue weighted by molar-refractivity contribution is 6.28. The fourth-order valence-corrected chi connectivity index (χ4v) is 11.3. The molecule has 0 aliphatic carbocycles. The van der Waals surface area contributed by atoms with Gasteiger partial charge in [-0.05, 0) is 107 Å². The van der Waals surface area contributed by atoms with Crippen molar-refractivity contribution in [3.05, 3.63) is 237 Å². The van der Waals surface area contributed by atoms with Crippen LogP contribution < -0.4 is 0 Å². The van der Waals surface area contributed by atoms with Crippen molar-refractivity contribution >= 4 is 86.8 Å². The lowest BCUT2D eigenvalue weighted by Crippen LogP contribution is -1.94. The second kappa shape index (κ2) is 14.4. The summed E-state index contributed by atoms with van der Waals surface area (Å²) in [6, 6.07) is 86.2. The quantitative estimate of drug-likeness (QED) is 0.158. The number of nitrogens with zero attached hydrogens (tertiary/aromatic N) is 1. The molecule has 0 aliphatic heterocycles. The second-order valence-corrected chi connectivity index (χ2v) is 17.4. The smallest absolute Gasteiger partial charge is 0.143 e. The third-order valence-corrected chi connectivity index (χ3v) is 14.0. The minimum absolute atomic E-state index is 0.879. The molecule has 0 atom stereocenters. The molecule has 0 bridgehead atoms. The van der Waals surface area contributed by atoms with Gasteiger partial charge in [0, 0.05) is 38.4 Å². The Hall–Kier alpha value is -8.72. The first-order chi connectivity index (χ1) is 32.8. The summed E-state index contributed by atoms with van der Waals surface area (Å²) in [7, 11) is 0. The van der Waals surface area contributed by atoms with E-state index in [1.165, 1.54) is 104 Å². The summed E-state index contributed by atoms with van der Waals surface area (Å²) in [5.74, 6) is 0. The predicted molar refractivity (Wildman–Crippen MR) is 280 cm³/mol. The number of hydrogen-bond donors (Lipinski definition) is 0. The SMILES string of the molecule is c1ccc(-c2c3ccccc3c(-c3cccc4oc5c(-c6c7ccccc7c(-c7ccc(-n8c9ccccc9c9ccccc98)cc7)c7ccccc67)cccc5c34)c3ccccc23)cc1. The molecule has 306 valence electrons. The Morgan fingerprint density at radius 1 is 0.258 bits per heavy atom. The van der Waals surface area contributed by atoms with Crippen LogP contribution in [0.2, 0.25) is 0 Å². The van der Waals surface area contributed by atoms with Crippen LogP contribution in [0.1, 0.15) is 0 Å². The maximum atomic E-state index is 7.14. The molecule has 0 radical (unpaired) electrons. The first-order valence-corrected chi connectivity index (χ1v) is 22.8. The lowest BCUT2D eigenvalue weighted by molar-refractivity contribution is 0.670. The molecule has 0 unspecified atom stereocenters. The van der Waals surface area contributed by atoms with Crippen LogP contribution in [0.5, 0.6) is 0 Å². The Morgan fingerprint density at radius 3 is 1.15 bits per heavy atom. The van der Waals surface area contributed by atoms with E-state index in [2.05, 4.69) is 241 Å². The van der Waals surface area contributed by atoms with E-state index in [1.54, 1.807) is 0 Å². The molecule has 0 fully saturated rings. The second-order valence-electron chi connectivity index (χ2n) is 17.4. The van der Waals surface area contributed by atoms with Crippen molar-refractivity contribution in [1.82, 2.24) is 4.57 Å². The number of para-hydroxylation sites is 3. The summed E-state index contributed by atoms with van der Waals surface area (Å²) in [6.45, 7) is 0. The van der Waals surface area contributed by atoms with Crippen molar-refractivity contribution in [3.8, 4) is 50.2 Å². The third kappa shape index (κ3) is 5.30. The minimum Gasteiger partial charge on any atom is -0.455 e.